The largest absolute Gasteiger partial charge is 0.465 e. The fraction of sp³-hybridized carbons (Fsp3) is 0.778. The third-order valence-electron chi connectivity index (χ3n) is 4.75. The lowest BCUT2D eigenvalue weighted by molar-refractivity contribution is -0.150. The minimum atomic E-state index is -0.407. The van der Waals surface area contributed by atoms with Gasteiger partial charge in [0.1, 0.15) is 0 Å². The van der Waals surface area contributed by atoms with Crippen LogP contribution in [0.15, 0.2) is 12.7 Å². The lowest BCUT2D eigenvalue weighted by Crippen LogP contribution is -2.26. The minimum absolute atomic E-state index is 0.0503. The molecule has 0 saturated heterocycles. The van der Waals surface area contributed by atoms with Crippen LogP contribution in [-0.4, -0.2) is 25.2 Å². The third-order valence-corrected chi connectivity index (χ3v) is 4.75. The van der Waals surface area contributed by atoms with Crippen molar-refractivity contribution in [2.75, 3.05) is 13.2 Å². The van der Waals surface area contributed by atoms with Crippen molar-refractivity contribution in [1.82, 2.24) is 0 Å². The van der Waals surface area contributed by atoms with Gasteiger partial charge in [-0.1, -0.05) is 26.8 Å². The van der Waals surface area contributed by atoms with Gasteiger partial charge in [-0.2, -0.15) is 0 Å². The van der Waals surface area contributed by atoms with Gasteiger partial charge in [0.05, 0.1) is 19.1 Å². The molecule has 4 heteroatoms. The first-order valence-corrected chi connectivity index (χ1v) is 8.54. The molecule has 0 bridgehead atoms. The predicted molar refractivity (Wildman–Crippen MR) is 86.3 cm³/mol. The Labute approximate surface area is 134 Å². The van der Waals surface area contributed by atoms with Crippen LogP contribution >= 0.6 is 0 Å². The molecule has 22 heavy (non-hydrogen) atoms. The van der Waals surface area contributed by atoms with Crippen molar-refractivity contribution in [2.24, 2.45) is 17.8 Å². The van der Waals surface area contributed by atoms with Crippen LogP contribution in [0.25, 0.3) is 0 Å². The molecule has 1 unspecified atom stereocenters. The number of carbonyl (C=O) groups excluding carboxylic acids is 2. The highest BCUT2D eigenvalue weighted by atomic mass is 16.5. The summed E-state index contributed by atoms with van der Waals surface area (Å²) in [5.41, 5.74) is 0. The molecular formula is C18H30O4. The van der Waals surface area contributed by atoms with E-state index < -0.39 is 5.97 Å². The molecule has 0 N–H and O–H groups in total. The molecule has 1 aliphatic carbocycles. The van der Waals surface area contributed by atoms with Gasteiger partial charge in [-0.3, -0.25) is 4.79 Å². The van der Waals surface area contributed by atoms with Gasteiger partial charge in [-0.25, -0.2) is 4.79 Å². The molecule has 1 saturated carbocycles. The first kappa shape index (κ1) is 18.7. The van der Waals surface area contributed by atoms with Crippen LogP contribution < -0.4 is 0 Å². The van der Waals surface area contributed by atoms with Crippen LogP contribution in [0.2, 0.25) is 0 Å². The van der Waals surface area contributed by atoms with E-state index in [0.717, 1.165) is 50.0 Å². The van der Waals surface area contributed by atoms with Crippen LogP contribution in [-0.2, 0) is 19.1 Å². The quantitative estimate of drug-likeness (QED) is 0.368. The Kier molecular flexibility index (Phi) is 8.86. The van der Waals surface area contributed by atoms with Gasteiger partial charge in [-0.05, 0) is 50.4 Å². The first-order chi connectivity index (χ1) is 10.6. The Hall–Kier alpha value is -1.32. The lowest BCUT2D eigenvalue weighted by atomic mass is 9.75. The highest BCUT2D eigenvalue weighted by Crippen LogP contribution is 2.35. The number of unbranched alkanes of at least 4 members (excludes halogenated alkanes) is 1. The Morgan fingerprint density at radius 3 is 2.27 bits per heavy atom. The molecular weight excluding hydrogens is 280 g/mol. The molecule has 1 atom stereocenters. The molecule has 0 radical (unpaired) electrons. The van der Waals surface area contributed by atoms with Crippen molar-refractivity contribution in [3.05, 3.63) is 12.7 Å². The van der Waals surface area contributed by atoms with Gasteiger partial charge < -0.3 is 9.47 Å². The second-order valence-corrected chi connectivity index (χ2v) is 6.24. The molecule has 0 aromatic heterocycles. The zero-order chi connectivity index (χ0) is 16.4. The molecule has 1 rings (SSSR count). The van der Waals surface area contributed by atoms with Crippen molar-refractivity contribution in [2.45, 2.75) is 58.8 Å². The van der Waals surface area contributed by atoms with E-state index in [1.807, 2.05) is 0 Å². The fourth-order valence-electron chi connectivity index (χ4n) is 2.98. The number of carbonyl (C=O) groups is 2. The molecule has 0 amide bonds. The summed E-state index contributed by atoms with van der Waals surface area (Å²) in [5, 5.41) is 0. The van der Waals surface area contributed by atoms with E-state index in [1.54, 1.807) is 0 Å². The summed E-state index contributed by atoms with van der Waals surface area (Å²) in [6.45, 7) is 8.63. The van der Waals surface area contributed by atoms with Crippen LogP contribution in [0.4, 0.5) is 0 Å². The van der Waals surface area contributed by atoms with Crippen LogP contribution in [0.5, 0.6) is 0 Å². The summed E-state index contributed by atoms with van der Waals surface area (Å²) in [4.78, 5) is 22.8. The normalized spacial score (nSPS) is 22.6. The summed E-state index contributed by atoms with van der Waals surface area (Å²) < 4.78 is 10.2. The summed E-state index contributed by atoms with van der Waals surface area (Å²) in [7, 11) is 0. The van der Waals surface area contributed by atoms with Crippen molar-refractivity contribution < 1.29 is 19.1 Å². The fourth-order valence-corrected chi connectivity index (χ4v) is 2.98. The van der Waals surface area contributed by atoms with E-state index >= 15 is 0 Å². The number of rotatable bonds is 9. The number of hydrogen-bond acceptors (Lipinski definition) is 4. The summed E-state index contributed by atoms with van der Waals surface area (Å²) >= 11 is 0. The molecule has 1 aliphatic rings. The standard InChI is InChI=1S/C18H30O4/c1-4-14(3)15-8-10-16(11-9-15)18(20)22-13-7-6-12-21-17(19)5-2/h5,14-16H,2,4,6-13H2,1,3H3. The van der Waals surface area contributed by atoms with Crippen LogP contribution in [0.1, 0.15) is 58.8 Å². The summed E-state index contributed by atoms with van der Waals surface area (Å²) in [6, 6.07) is 0. The Morgan fingerprint density at radius 2 is 1.73 bits per heavy atom. The van der Waals surface area contributed by atoms with Gasteiger partial charge in [0, 0.05) is 6.08 Å². The molecule has 0 spiro atoms. The lowest BCUT2D eigenvalue weighted by Gasteiger charge is -2.30. The average Bonchev–Trinajstić information content (AvgIpc) is 2.56. The molecule has 0 aromatic rings. The second-order valence-electron chi connectivity index (χ2n) is 6.24. The van der Waals surface area contributed by atoms with Gasteiger partial charge in [0.2, 0.25) is 0 Å². The maximum Gasteiger partial charge on any atom is 0.330 e. The summed E-state index contributed by atoms with van der Waals surface area (Å²) in [6.07, 6.45) is 8.01. The first-order valence-electron chi connectivity index (χ1n) is 8.54. The maximum absolute atomic E-state index is 12.0. The highest BCUT2D eigenvalue weighted by Gasteiger charge is 2.29. The molecule has 1 fully saturated rings. The Bertz CT molecular complexity index is 356. The highest BCUT2D eigenvalue weighted by molar-refractivity contribution is 5.81. The van der Waals surface area contributed by atoms with E-state index in [2.05, 4.69) is 20.4 Å². The van der Waals surface area contributed by atoms with E-state index in [4.69, 9.17) is 9.47 Å². The number of esters is 2. The van der Waals surface area contributed by atoms with E-state index in [9.17, 15) is 9.59 Å². The molecule has 0 heterocycles. The van der Waals surface area contributed by atoms with Gasteiger partial charge in [0.25, 0.3) is 0 Å². The van der Waals surface area contributed by atoms with Gasteiger partial charge in [-0.15, -0.1) is 0 Å². The monoisotopic (exact) mass is 310 g/mol. The molecule has 126 valence electrons. The van der Waals surface area contributed by atoms with Gasteiger partial charge in [0.15, 0.2) is 0 Å². The summed E-state index contributed by atoms with van der Waals surface area (Å²) in [5.74, 6) is 1.16. The SMILES string of the molecule is C=CC(=O)OCCCCOC(=O)C1CCC(C(C)CC)CC1. The van der Waals surface area contributed by atoms with Crippen LogP contribution in [0, 0.1) is 17.8 Å². The van der Waals surface area contributed by atoms with Gasteiger partial charge >= 0.3 is 11.9 Å². The Morgan fingerprint density at radius 1 is 1.14 bits per heavy atom. The predicted octanol–water partition coefficient (Wildman–Crippen LogP) is 3.89. The zero-order valence-electron chi connectivity index (χ0n) is 14.0. The van der Waals surface area contributed by atoms with Crippen LogP contribution in [0.3, 0.4) is 0 Å². The van der Waals surface area contributed by atoms with Crippen molar-refractivity contribution in [1.29, 1.82) is 0 Å². The topological polar surface area (TPSA) is 52.6 Å². The maximum atomic E-state index is 12.0. The van der Waals surface area contributed by atoms with E-state index in [1.165, 1.54) is 6.42 Å². The van der Waals surface area contributed by atoms with E-state index in [-0.39, 0.29) is 11.9 Å². The van der Waals surface area contributed by atoms with E-state index in [0.29, 0.717) is 19.6 Å². The molecule has 4 nitrogen and oxygen atoms in total. The average molecular weight is 310 g/mol. The van der Waals surface area contributed by atoms with Crippen molar-refractivity contribution >= 4 is 11.9 Å². The van der Waals surface area contributed by atoms with Crippen molar-refractivity contribution in [3.8, 4) is 0 Å². The molecule has 0 aromatic carbocycles. The number of hydrogen-bond donors (Lipinski definition) is 0. The molecule has 0 aliphatic heterocycles. The third kappa shape index (κ3) is 6.63. The Balaban J connectivity index is 2.09. The smallest absolute Gasteiger partial charge is 0.330 e. The second kappa shape index (κ2) is 10.4. The zero-order valence-corrected chi connectivity index (χ0v) is 14.0. The van der Waals surface area contributed by atoms with Crippen molar-refractivity contribution in [3.63, 3.8) is 0 Å². The minimum Gasteiger partial charge on any atom is -0.465 e. The number of ether oxygens (including phenoxy) is 2.